The van der Waals surface area contributed by atoms with Gasteiger partial charge in [-0.15, -0.1) is 0 Å². The van der Waals surface area contributed by atoms with Gasteiger partial charge in [0.05, 0.1) is 22.6 Å². The van der Waals surface area contributed by atoms with Gasteiger partial charge in [0.2, 0.25) is 10.0 Å². The zero-order valence-corrected chi connectivity index (χ0v) is 24.2. The Morgan fingerprint density at radius 3 is 2.32 bits per heavy atom. The monoisotopic (exact) mass is 606 g/mol. The Morgan fingerprint density at radius 2 is 1.78 bits per heavy atom. The van der Waals surface area contributed by atoms with Crippen LogP contribution in [0.1, 0.15) is 87.0 Å². The molecule has 0 bridgehead atoms. The largest absolute Gasteiger partial charge is 0.462 e. The van der Waals surface area contributed by atoms with Crippen LogP contribution >= 0.6 is 15.9 Å². The van der Waals surface area contributed by atoms with Gasteiger partial charge >= 0.3 is 12.1 Å². The Hall–Kier alpha value is -1.85. The minimum absolute atomic E-state index is 0.110. The predicted molar refractivity (Wildman–Crippen MR) is 140 cm³/mol. The molecule has 1 heterocycles. The number of aromatic nitrogens is 1. The number of nitrogens with zero attached hydrogens (tertiary/aromatic N) is 1. The molecule has 0 radical (unpaired) electrons. The Morgan fingerprint density at radius 1 is 1.16 bits per heavy atom. The average molecular weight is 608 g/mol. The zero-order valence-electron chi connectivity index (χ0n) is 21.8. The molecule has 0 spiro atoms. The molecule has 1 aromatic carbocycles. The fourth-order valence-electron chi connectivity index (χ4n) is 4.89. The number of esters is 1. The van der Waals surface area contributed by atoms with Crippen molar-refractivity contribution >= 4 is 31.9 Å². The third kappa shape index (κ3) is 6.78. The van der Waals surface area contributed by atoms with Crippen LogP contribution in [0.15, 0.2) is 27.7 Å². The van der Waals surface area contributed by atoms with Gasteiger partial charge in [-0.3, -0.25) is 0 Å². The third-order valence-corrected chi connectivity index (χ3v) is 8.99. The number of ether oxygens (including phenoxy) is 1. The summed E-state index contributed by atoms with van der Waals surface area (Å²) in [5.74, 6) is -0.235. The fourth-order valence-corrected chi connectivity index (χ4v) is 7.39. The van der Waals surface area contributed by atoms with Gasteiger partial charge in [0.15, 0.2) is 0 Å². The molecule has 0 atom stereocenters. The summed E-state index contributed by atoms with van der Waals surface area (Å²) in [5.41, 5.74) is -0.538. The molecule has 2 aromatic rings. The molecule has 0 amide bonds. The van der Waals surface area contributed by atoms with E-state index in [0.717, 1.165) is 44.2 Å². The van der Waals surface area contributed by atoms with Crippen molar-refractivity contribution in [1.29, 1.82) is 0 Å². The topological polar surface area (TPSA) is 77.4 Å². The highest BCUT2D eigenvalue weighted by Gasteiger charge is 2.39. The second-order valence-corrected chi connectivity index (χ2v) is 12.9. The van der Waals surface area contributed by atoms with E-state index in [9.17, 15) is 26.4 Å². The molecule has 6 nitrogen and oxygen atoms in total. The van der Waals surface area contributed by atoms with Crippen LogP contribution in [0.25, 0.3) is 5.69 Å². The van der Waals surface area contributed by atoms with Crippen LogP contribution < -0.4 is 4.72 Å². The molecule has 37 heavy (non-hydrogen) atoms. The summed E-state index contributed by atoms with van der Waals surface area (Å²) in [6.07, 6.45) is 0.976. The molecule has 0 unspecified atom stereocenters. The van der Waals surface area contributed by atoms with Gasteiger partial charge in [-0.05, 0) is 86.6 Å². The van der Waals surface area contributed by atoms with Gasteiger partial charge in [0, 0.05) is 16.9 Å². The number of sulfonamides is 1. The minimum Gasteiger partial charge on any atom is -0.462 e. The quantitative estimate of drug-likeness (QED) is 0.346. The van der Waals surface area contributed by atoms with Gasteiger partial charge in [-0.2, -0.15) is 13.2 Å². The standard InChI is InChI=1S/C26H34BrF3N2O4S/c1-6-36-24(33)22-16(2)20(14-17-10-8-7-9-11-17)32(23(22)27)18-12-13-21(19(15-18)26(28,29)30)37(34,35)31-25(3,4)5/h12-13,15,17,31H,6-11,14H2,1-5H3. The summed E-state index contributed by atoms with van der Waals surface area (Å²) in [6.45, 7) is 8.27. The normalized spacial score (nSPS) is 15.7. The summed E-state index contributed by atoms with van der Waals surface area (Å²) >= 11 is 3.45. The molecule has 1 N–H and O–H groups in total. The number of hydrogen-bond donors (Lipinski definition) is 1. The van der Waals surface area contributed by atoms with Crippen molar-refractivity contribution in [3.05, 3.63) is 45.2 Å². The molecule has 0 saturated heterocycles. The van der Waals surface area contributed by atoms with Crippen LogP contribution in [-0.4, -0.2) is 31.1 Å². The number of nitrogens with one attached hydrogen (secondary N) is 1. The number of carbonyl (C=O) groups is 1. The molecule has 1 aromatic heterocycles. The second-order valence-electron chi connectivity index (χ2n) is 10.5. The number of carbonyl (C=O) groups excluding carboxylic acids is 1. The SMILES string of the molecule is CCOC(=O)c1c(C)c(CC2CCCCC2)n(-c2ccc(S(=O)(=O)NC(C)(C)C)c(C(F)(F)F)c2)c1Br. The molecular formula is C26H34BrF3N2O4S. The predicted octanol–water partition coefficient (Wildman–Crippen LogP) is 6.94. The Bertz CT molecular complexity index is 1260. The average Bonchev–Trinajstić information content (AvgIpc) is 3.01. The van der Waals surface area contributed by atoms with E-state index >= 15 is 0 Å². The summed E-state index contributed by atoms with van der Waals surface area (Å²) in [7, 11) is -4.46. The summed E-state index contributed by atoms with van der Waals surface area (Å²) < 4.78 is 77.8. The Balaban J connectivity index is 2.24. The van der Waals surface area contributed by atoms with Crippen LogP contribution in [0.2, 0.25) is 0 Å². The van der Waals surface area contributed by atoms with Crippen molar-refractivity contribution in [3.63, 3.8) is 0 Å². The maximum atomic E-state index is 14.2. The van der Waals surface area contributed by atoms with Crippen LogP contribution in [0.5, 0.6) is 0 Å². The Labute approximate surface area is 225 Å². The van der Waals surface area contributed by atoms with E-state index in [1.165, 1.54) is 6.07 Å². The van der Waals surface area contributed by atoms with E-state index in [1.807, 2.05) is 0 Å². The lowest BCUT2D eigenvalue weighted by Gasteiger charge is -2.24. The molecule has 1 aliphatic rings. The maximum absolute atomic E-state index is 14.2. The molecule has 206 valence electrons. The summed E-state index contributed by atoms with van der Waals surface area (Å²) in [5, 5.41) is 0. The summed E-state index contributed by atoms with van der Waals surface area (Å²) in [4.78, 5) is 11.9. The maximum Gasteiger partial charge on any atom is 0.417 e. The molecule has 1 fully saturated rings. The lowest BCUT2D eigenvalue weighted by atomic mass is 9.85. The van der Waals surface area contributed by atoms with Gasteiger partial charge in [-0.1, -0.05) is 32.1 Å². The minimum atomic E-state index is -4.93. The highest BCUT2D eigenvalue weighted by atomic mass is 79.9. The van der Waals surface area contributed by atoms with E-state index in [-0.39, 0.29) is 22.5 Å². The molecule has 11 heteroatoms. The lowest BCUT2D eigenvalue weighted by Crippen LogP contribution is -2.41. The second kappa shape index (κ2) is 11.1. The first-order valence-electron chi connectivity index (χ1n) is 12.4. The van der Waals surface area contributed by atoms with Crippen LogP contribution in [0.3, 0.4) is 0 Å². The highest BCUT2D eigenvalue weighted by Crippen LogP contribution is 2.39. The zero-order chi connectivity index (χ0) is 27.8. The van der Waals surface area contributed by atoms with E-state index in [1.54, 1.807) is 39.2 Å². The van der Waals surface area contributed by atoms with Crippen molar-refractivity contribution < 1.29 is 31.1 Å². The molecule has 0 aliphatic heterocycles. The highest BCUT2D eigenvalue weighted by molar-refractivity contribution is 9.10. The van der Waals surface area contributed by atoms with Crippen molar-refractivity contribution in [3.8, 4) is 5.69 Å². The molecule has 1 aliphatic carbocycles. The third-order valence-electron chi connectivity index (χ3n) is 6.42. The number of halogens is 4. The first kappa shape index (κ1) is 29.7. The molecule has 1 saturated carbocycles. The van der Waals surface area contributed by atoms with Gasteiger partial charge in [0.25, 0.3) is 0 Å². The van der Waals surface area contributed by atoms with Crippen LogP contribution in [0.4, 0.5) is 13.2 Å². The van der Waals surface area contributed by atoms with Gasteiger partial charge in [0.1, 0.15) is 4.60 Å². The van der Waals surface area contributed by atoms with Crippen molar-refractivity contribution in [2.75, 3.05) is 6.61 Å². The van der Waals surface area contributed by atoms with E-state index in [4.69, 9.17) is 4.74 Å². The number of hydrogen-bond acceptors (Lipinski definition) is 4. The smallest absolute Gasteiger partial charge is 0.417 e. The van der Waals surface area contributed by atoms with Crippen molar-refractivity contribution in [2.24, 2.45) is 5.92 Å². The first-order valence-corrected chi connectivity index (χ1v) is 14.7. The lowest BCUT2D eigenvalue weighted by molar-refractivity contribution is -0.139. The van der Waals surface area contributed by atoms with Crippen molar-refractivity contribution in [1.82, 2.24) is 9.29 Å². The number of rotatable bonds is 7. The van der Waals surface area contributed by atoms with E-state index < -0.39 is 38.2 Å². The number of benzene rings is 1. The van der Waals surface area contributed by atoms with Crippen LogP contribution in [0, 0.1) is 12.8 Å². The summed E-state index contributed by atoms with van der Waals surface area (Å²) in [6, 6.07) is 3.15. The van der Waals surface area contributed by atoms with Crippen molar-refractivity contribution in [2.45, 2.75) is 89.8 Å². The Kier molecular flexibility index (Phi) is 8.91. The molecule has 3 rings (SSSR count). The van der Waals surface area contributed by atoms with Crippen LogP contribution in [-0.2, 0) is 27.4 Å². The molecular weight excluding hydrogens is 573 g/mol. The van der Waals surface area contributed by atoms with Gasteiger partial charge in [-0.25, -0.2) is 17.9 Å². The van der Waals surface area contributed by atoms with Gasteiger partial charge < -0.3 is 9.30 Å². The number of alkyl halides is 3. The fraction of sp³-hybridized carbons (Fsp3) is 0.577. The first-order chi connectivity index (χ1) is 17.1. The van der Waals surface area contributed by atoms with E-state index in [2.05, 4.69) is 20.7 Å². The van der Waals surface area contributed by atoms with E-state index in [0.29, 0.717) is 23.6 Å².